The first-order valence-electron chi connectivity index (χ1n) is 23.2. The summed E-state index contributed by atoms with van der Waals surface area (Å²) in [4.78, 5) is 10.9. The Balaban J connectivity index is 1.05. The van der Waals surface area contributed by atoms with Crippen LogP contribution < -0.4 is 0 Å². The number of fused-ring (bicyclic) bond motifs is 6. The molecule has 2 aromatic heterocycles. The van der Waals surface area contributed by atoms with E-state index in [0.29, 0.717) is 5.82 Å². The van der Waals surface area contributed by atoms with Gasteiger partial charge in [-0.25, -0.2) is 9.97 Å². The highest BCUT2D eigenvalue weighted by Gasteiger charge is 2.46. The fourth-order valence-corrected chi connectivity index (χ4v) is 11.9. The maximum absolute atomic E-state index is 5.45. The van der Waals surface area contributed by atoms with Crippen molar-refractivity contribution in [2.24, 2.45) is 0 Å². The summed E-state index contributed by atoms with van der Waals surface area (Å²) in [5.41, 5.74) is 18.7. The maximum atomic E-state index is 5.45. The SMILES string of the molecule is c1ccc(-c2cccc(-c3cc(-c4cc(-c5ccc6c(c5)C(c5ccccc5)(c5ccccc5)c5ccccc5-6)nc(-c5ccccc5)n4)cc(-c4cccc5c4sc4ccccc45)c3)c2)cc1. The van der Waals surface area contributed by atoms with Crippen LogP contribution in [0.5, 0.6) is 0 Å². The predicted octanol–water partition coefficient (Wildman–Crippen LogP) is 17.2. The van der Waals surface area contributed by atoms with Crippen molar-refractivity contribution in [3.05, 3.63) is 277 Å². The zero-order chi connectivity index (χ0) is 45.0. The Morgan fingerprint density at radius 1 is 0.294 bits per heavy atom. The molecule has 318 valence electrons. The van der Waals surface area contributed by atoms with Gasteiger partial charge in [0.05, 0.1) is 16.8 Å². The molecule has 2 heterocycles. The summed E-state index contributed by atoms with van der Waals surface area (Å²) in [5, 5.41) is 2.56. The lowest BCUT2D eigenvalue weighted by Crippen LogP contribution is -2.28. The van der Waals surface area contributed by atoms with E-state index in [1.807, 2.05) is 17.4 Å². The van der Waals surface area contributed by atoms with Gasteiger partial charge in [-0.05, 0) is 109 Å². The van der Waals surface area contributed by atoms with Crippen LogP contribution >= 0.6 is 11.3 Å². The van der Waals surface area contributed by atoms with E-state index in [1.54, 1.807) is 0 Å². The molecule has 0 saturated heterocycles. The molecule has 0 aliphatic heterocycles. The van der Waals surface area contributed by atoms with Crippen LogP contribution in [0, 0.1) is 0 Å². The first-order valence-corrected chi connectivity index (χ1v) is 24.0. The lowest BCUT2D eigenvalue weighted by atomic mass is 9.67. The molecule has 3 heteroatoms. The van der Waals surface area contributed by atoms with Gasteiger partial charge < -0.3 is 0 Å². The normalized spacial score (nSPS) is 12.5. The number of hydrogen-bond acceptors (Lipinski definition) is 3. The summed E-state index contributed by atoms with van der Waals surface area (Å²) in [5.74, 6) is 0.684. The molecule has 10 aromatic carbocycles. The van der Waals surface area contributed by atoms with Gasteiger partial charge in [-0.1, -0.05) is 212 Å². The third kappa shape index (κ3) is 6.62. The number of rotatable bonds is 8. The van der Waals surface area contributed by atoms with Crippen molar-refractivity contribution < 1.29 is 0 Å². The first-order chi connectivity index (χ1) is 33.7. The van der Waals surface area contributed by atoms with Crippen LogP contribution in [-0.4, -0.2) is 9.97 Å². The van der Waals surface area contributed by atoms with Crippen LogP contribution in [-0.2, 0) is 5.41 Å². The van der Waals surface area contributed by atoms with Crippen LogP contribution in [0.1, 0.15) is 22.3 Å². The number of thiophene rings is 1. The van der Waals surface area contributed by atoms with Crippen LogP contribution in [0.4, 0.5) is 0 Å². The predicted molar refractivity (Wildman–Crippen MR) is 285 cm³/mol. The summed E-state index contributed by atoms with van der Waals surface area (Å²) in [6.07, 6.45) is 0. The zero-order valence-electron chi connectivity index (χ0n) is 37.1. The summed E-state index contributed by atoms with van der Waals surface area (Å²) >= 11 is 1.86. The van der Waals surface area contributed by atoms with E-state index in [1.165, 1.54) is 70.2 Å². The monoisotopic (exact) mass is 882 g/mol. The van der Waals surface area contributed by atoms with Crippen LogP contribution in [0.25, 0.3) is 98.6 Å². The van der Waals surface area contributed by atoms with Crippen molar-refractivity contribution in [2.75, 3.05) is 0 Å². The lowest BCUT2D eigenvalue weighted by Gasteiger charge is -2.34. The van der Waals surface area contributed by atoms with Crippen molar-refractivity contribution in [3.63, 3.8) is 0 Å². The first kappa shape index (κ1) is 39.8. The van der Waals surface area contributed by atoms with Gasteiger partial charge in [0.15, 0.2) is 5.82 Å². The Kier molecular flexibility index (Phi) is 9.62. The summed E-state index contributed by atoms with van der Waals surface area (Å²) in [6, 6.07) is 92.5. The van der Waals surface area contributed by atoms with Crippen LogP contribution in [0.2, 0.25) is 0 Å². The van der Waals surface area contributed by atoms with Crippen LogP contribution in [0.3, 0.4) is 0 Å². The van der Waals surface area contributed by atoms with Crippen molar-refractivity contribution in [1.29, 1.82) is 0 Å². The number of aromatic nitrogens is 2. The molecule has 0 unspecified atom stereocenters. The highest BCUT2D eigenvalue weighted by Crippen LogP contribution is 2.57. The third-order valence-electron chi connectivity index (χ3n) is 13.8. The van der Waals surface area contributed by atoms with E-state index >= 15 is 0 Å². The Bertz CT molecular complexity index is 3800. The molecule has 1 aliphatic carbocycles. The fourth-order valence-electron chi connectivity index (χ4n) is 10.6. The quantitative estimate of drug-likeness (QED) is 0.152. The van der Waals surface area contributed by atoms with E-state index in [2.05, 4.69) is 249 Å². The van der Waals surface area contributed by atoms with Gasteiger partial charge in [0.2, 0.25) is 0 Å². The third-order valence-corrected chi connectivity index (χ3v) is 15.0. The number of hydrogen-bond donors (Lipinski definition) is 0. The van der Waals surface area contributed by atoms with Crippen molar-refractivity contribution in [2.45, 2.75) is 5.41 Å². The zero-order valence-corrected chi connectivity index (χ0v) is 37.9. The molecule has 68 heavy (non-hydrogen) atoms. The van der Waals surface area contributed by atoms with Gasteiger partial charge >= 0.3 is 0 Å². The molecular weight excluding hydrogens is 841 g/mol. The second kappa shape index (κ2) is 16.4. The van der Waals surface area contributed by atoms with Gasteiger partial charge in [0, 0.05) is 36.9 Å². The van der Waals surface area contributed by atoms with Crippen molar-refractivity contribution in [1.82, 2.24) is 9.97 Å². The van der Waals surface area contributed by atoms with Crippen molar-refractivity contribution >= 4 is 31.5 Å². The highest BCUT2D eigenvalue weighted by molar-refractivity contribution is 7.26. The van der Waals surface area contributed by atoms with Gasteiger partial charge in [0.25, 0.3) is 0 Å². The fraction of sp³-hybridized carbons (Fsp3) is 0.0154. The molecule has 0 fully saturated rings. The Labute approximate surface area is 400 Å². The highest BCUT2D eigenvalue weighted by atomic mass is 32.1. The van der Waals surface area contributed by atoms with Gasteiger partial charge in [-0.3, -0.25) is 0 Å². The molecule has 0 saturated carbocycles. The summed E-state index contributed by atoms with van der Waals surface area (Å²) in [6.45, 7) is 0. The van der Waals surface area contributed by atoms with E-state index < -0.39 is 5.41 Å². The average Bonchev–Trinajstić information content (AvgIpc) is 3.95. The summed E-state index contributed by atoms with van der Waals surface area (Å²) < 4.78 is 2.57. The van der Waals surface area contributed by atoms with E-state index in [9.17, 15) is 0 Å². The molecule has 0 N–H and O–H groups in total. The Morgan fingerprint density at radius 2 is 0.809 bits per heavy atom. The number of benzene rings is 10. The maximum Gasteiger partial charge on any atom is 0.160 e. The second-order valence-corrected chi connectivity index (χ2v) is 18.7. The van der Waals surface area contributed by atoms with E-state index in [0.717, 1.165) is 44.8 Å². The summed E-state index contributed by atoms with van der Waals surface area (Å²) in [7, 11) is 0. The van der Waals surface area contributed by atoms with E-state index in [-0.39, 0.29) is 0 Å². The molecular formula is C65H42N2S. The van der Waals surface area contributed by atoms with Gasteiger partial charge in [0.1, 0.15) is 0 Å². The molecule has 0 radical (unpaired) electrons. The van der Waals surface area contributed by atoms with E-state index in [4.69, 9.17) is 9.97 Å². The standard InChI is InChI=1S/C65H42N2S/c1-5-19-43(20-6-1)45-23-17-24-46(37-45)48-38-49(53-31-18-32-57-56-30-14-16-34-62(56)68-63(53)57)40-50(39-48)61-42-60(66-64(67-61)44-21-7-2-8-22-44)47-35-36-55-54-29-13-15-33-58(54)65(59(55)41-47,51-25-9-3-10-26-51)52-27-11-4-12-28-52/h1-42H. The van der Waals surface area contributed by atoms with Gasteiger partial charge in [-0.15, -0.1) is 11.3 Å². The number of nitrogens with zero attached hydrogens (tertiary/aromatic N) is 2. The Hall–Kier alpha value is -8.50. The molecule has 12 aromatic rings. The molecule has 13 rings (SSSR count). The molecule has 0 amide bonds. The smallest absolute Gasteiger partial charge is 0.160 e. The topological polar surface area (TPSA) is 25.8 Å². The average molecular weight is 883 g/mol. The minimum atomic E-state index is -0.534. The van der Waals surface area contributed by atoms with Crippen molar-refractivity contribution in [3.8, 4) is 78.4 Å². The minimum absolute atomic E-state index is 0.534. The molecule has 0 spiro atoms. The molecule has 0 atom stereocenters. The minimum Gasteiger partial charge on any atom is -0.228 e. The molecule has 1 aliphatic rings. The molecule has 0 bridgehead atoms. The Morgan fingerprint density at radius 3 is 1.56 bits per heavy atom. The molecule has 2 nitrogen and oxygen atoms in total. The van der Waals surface area contributed by atoms with Gasteiger partial charge in [-0.2, -0.15) is 0 Å². The largest absolute Gasteiger partial charge is 0.228 e. The van der Waals surface area contributed by atoms with Crippen LogP contribution in [0.15, 0.2) is 255 Å². The second-order valence-electron chi connectivity index (χ2n) is 17.6. The lowest BCUT2D eigenvalue weighted by molar-refractivity contribution is 0.768.